The summed E-state index contributed by atoms with van der Waals surface area (Å²) >= 11 is 1.72. The lowest BCUT2D eigenvalue weighted by molar-refractivity contribution is 0.149. The molecule has 1 aromatic heterocycles. The normalized spacial score (nSPS) is 10.1. The molecular weight excluding hydrogens is 317 g/mol. The molecule has 1 aromatic rings. The smallest absolute Gasteiger partial charge is 0.266 e. The molecule has 1 heterocycles. The number of pyridine rings is 1. The van der Waals surface area contributed by atoms with Crippen LogP contribution in [0.2, 0.25) is 0 Å². The number of aromatic nitrogens is 1. The number of halogens is 3. The van der Waals surface area contributed by atoms with E-state index < -0.39 is 6.43 Å². The van der Waals surface area contributed by atoms with Crippen LogP contribution in [0.25, 0.3) is 0 Å². The zero-order valence-electron chi connectivity index (χ0n) is 7.80. The lowest BCUT2D eigenvalue weighted by Gasteiger charge is -2.09. The van der Waals surface area contributed by atoms with Crippen molar-refractivity contribution in [3.05, 3.63) is 20.9 Å². The SMILES string of the molecule is COc1nc(I)c(C(F)F)cc1CC#N. The van der Waals surface area contributed by atoms with Gasteiger partial charge in [-0.05, 0) is 28.7 Å². The molecule has 0 amide bonds. The lowest BCUT2D eigenvalue weighted by Crippen LogP contribution is -2.01. The molecule has 0 aliphatic rings. The Balaban J connectivity index is 3.25. The number of nitrogens with zero attached hydrogens (tertiary/aromatic N) is 2. The summed E-state index contributed by atoms with van der Waals surface area (Å²) in [5, 5.41) is 8.52. The Hall–Kier alpha value is -0.970. The second-order valence-electron chi connectivity index (χ2n) is 2.67. The molecule has 0 bridgehead atoms. The maximum absolute atomic E-state index is 12.5. The molecule has 0 atom stereocenters. The van der Waals surface area contributed by atoms with Gasteiger partial charge in [0.15, 0.2) is 0 Å². The molecule has 0 radical (unpaired) electrons. The van der Waals surface area contributed by atoms with Crippen LogP contribution in [-0.4, -0.2) is 12.1 Å². The van der Waals surface area contributed by atoms with Crippen molar-refractivity contribution in [2.45, 2.75) is 12.8 Å². The van der Waals surface area contributed by atoms with E-state index in [2.05, 4.69) is 4.98 Å². The van der Waals surface area contributed by atoms with Crippen LogP contribution < -0.4 is 4.74 Å². The van der Waals surface area contributed by atoms with Gasteiger partial charge in [0.25, 0.3) is 6.43 Å². The Morgan fingerprint density at radius 2 is 2.33 bits per heavy atom. The quantitative estimate of drug-likeness (QED) is 0.634. The van der Waals surface area contributed by atoms with Crippen molar-refractivity contribution in [3.63, 3.8) is 0 Å². The second kappa shape index (κ2) is 5.21. The Kier molecular flexibility index (Phi) is 4.20. The predicted octanol–water partition coefficient (Wildman–Crippen LogP) is 2.70. The topological polar surface area (TPSA) is 45.9 Å². The number of nitriles is 1. The van der Waals surface area contributed by atoms with Gasteiger partial charge >= 0.3 is 0 Å². The maximum Gasteiger partial charge on any atom is 0.266 e. The van der Waals surface area contributed by atoms with Gasteiger partial charge in [-0.1, -0.05) is 0 Å². The van der Waals surface area contributed by atoms with Gasteiger partial charge in [-0.2, -0.15) is 5.26 Å². The second-order valence-corrected chi connectivity index (χ2v) is 3.69. The van der Waals surface area contributed by atoms with E-state index in [1.165, 1.54) is 13.2 Å². The summed E-state index contributed by atoms with van der Waals surface area (Å²) in [6.07, 6.45) is -2.58. The molecule has 1 rings (SSSR count). The first-order valence-electron chi connectivity index (χ1n) is 3.98. The molecular formula is C9H7F2IN2O. The van der Waals surface area contributed by atoms with E-state index in [1.807, 2.05) is 6.07 Å². The van der Waals surface area contributed by atoms with Crippen molar-refractivity contribution >= 4 is 22.6 Å². The number of rotatable bonds is 3. The maximum atomic E-state index is 12.5. The minimum Gasteiger partial charge on any atom is -0.481 e. The summed E-state index contributed by atoms with van der Waals surface area (Å²) in [6, 6.07) is 3.14. The monoisotopic (exact) mass is 324 g/mol. The molecule has 15 heavy (non-hydrogen) atoms. The van der Waals surface area contributed by atoms with E-state index in [9.17, 15) is 8.78 Å². The number of hydrogen-bond acceptors (Lipinski definition) is 3. The third-order valence-corrected chi connectivity index (χ3v) is 2.60. The van der Waals surface area contributed by atoms with Crippen LogP contribution in [-0.2, 0) is 6.42 Å². The summed E-state index contributed by atoms with van der Waals surface area (Å²) in [5.41, 5.74) is 0.220. The molecule has 6 heteroatoms. The largest absolute Gasteiger partial charge is 0.481 e. The summed E-state index contributed by atoms with van der Waals surface area (Å²) in [4.78, 5) is 3.86. The molecule has 0 spiro atoms. The summed E-state index contributed by atoms with van der Waals surface area (Å²) in [6.45, 7) is 0. The van der Waals surface area contributed by atoms with Crippen LogP contribution in [0.4, 0.5) is 8.78 Å². The fourth-order valence-corrected chi connectivity index (χ4v) is 1.69. The van der Waals surface area contributed by atoms with Crippen LogP contribution >= 0.6 is 22.6 Å². The third kappa shape index (κ3) is 2.75. The predicted molar refractivity (Wildman–Crippen MR) is 57.8 cm³/mol. The molecule has 0 aromatic carbocycles. The fraction of sp³-hybridized carbons (Fsp3) is 0.333. The van der Waals surface area contributed by atoms with Crippen molar-refractivity contribution in [3.8, 4) is 11.9 Å². The molecule has 3 nitrogen and oxygen atoms in total. The number of alkyl halides is 2. The van der Waals surface area contributed by atoms with Gasteiger partial charge in [0.05, 0.1) is 25.2 Å². The molecule has 0 saturated heterocycles. The highest BCUT2D eigenvalue weighted by Crippen LogP contribution is 2.28. The Morgan fingerprint density at radius 1 is 1.67 bits per heavy atom. The number of hydrogen-bond donors (Lipinski definition) is 0. The van der Waals surface area contributed by atoms with Crippen molar-refractivity contribution in [1.29, 1.82) is 5.26 Å². The number of ether oxygens (including phenoxy) is 1. The van der Waals surface area contributed by atoms with Crippen LogP contribution in [0.1, 0.15) is 17.6 Å². The van der Waals surface area contributed by atoms with E-state index in [1.54, 1.807) is 22.6 Å². The van der Waals surface area contributed by atoms with Crippen molar-refractivity contribution in [1.82, 2.24) is 4.98 Å². The summed E-state index contributed by atoms with van der Waals surface area (Å²) in [5.74, 6) is 0.227. The highest BCUT2D eigenvalue weighted by Gasteiger charge is 2.17. The van der Waals surface area contributed by atoms with Gasteiger partial charge < -0.3 is 4.74 Å². The molecule has 0 aliphatic carbocycles. The van der Waals surface area contributed by atoms with Crippen LogP contribution in [0, 0.1) is 15.0 Å². The van der Waals surface area contributed by atoms with Gasteiger partial charge in [0.1, 0.15) is 3.70 Å². The lowest BCUT2D eigenvalue weighted by atomic mass is 10.1. The summed E-state index contributed by atoms with van der Waals surface area (Å²) in [7, 11) is 1.39. The average molecular weight is 324 g/mol. The Labute approximate surface area is 99.2 Å². The van der Waals surface area contributed by atoms with E-state index in [-0.39, 0.29) is 21.6 Å². The summed E-state index contributed by atoms with van der Waals surface area (Å²) < 4.78 is 30.1. The zero-order chi connectivity index (χ0) is 11.4. The molecule has 0 unspecified atom stereocenters. The minimum absolute atomic E-state index is 0.00676. The molecule has 0 N–H and O–H groups in total. The highest BCUT2D eigenvalue weighted by atomic mass is 127. The van der Waals surface area contributed by atoms with Gasteiger partial charge in [0, 0.05) is 5.56 Å². The van der Waals surface area contributed by atoms with Gasteiger partial charge in [0.2, 0.25) is 5.88 Å². The first kappa shape index (κ1) is 12.1. The number of methoxy groups -OCH3 is 1. The van der Waals surface area contributed by atoms with Crippen molar-refractivity contribution in [2.75, 3.05) is 7.11 Å². The van der Waals surface area contributed by atoms with E-state index in [0.29, 0.717) is 5.56 Å². The highest BCUT2D eigenvalue weighted by molar-refractivity contribution is 14.1. The standard InChI is InChI=1S/C9H7F2IN2O/c1-15-9-5(2-3-13)4-6(7(10)11)8(12)14-9/h4,7H,2H2,1H3. The first-order valence-corrected chi connectivity index (χ1v) is 5.06. The van der Waals surface area contributed by atoms with E-state index >= 15 is 0 Å². The van der Waals surface area contributed by atoms with Gasteiger partial charge in [-0.25, -0.2) is 13.8 Å². The fourth-order valence-electron chi connectivity index (χ4n) is 1.08. The Morgan fingerprint density at radius 3 is 2.80 bits per heavy atom. The van der Waals surface area contributed by atoms with Gasteiger partial charge in [-0.3, -0.25) is 0 Å². The van der Waals surface area contributed by atoms with Crippen molar-refractivity contribution in [2.24, 2.45) is 0 Å². The molecule has 0 saturated carbocycles. The molecule has 0 fully saturated rings. The first-order chi connectivity index (χ1) is 7.10. The zero-order valence-corrected chi connectivity index (χ0v) is 9.96. The van der Waals surface area contributed by atoms with Crippen LogP contribution in [0.5, 0.6) is 5.88 Å². The van der Waals surface area contributed by atoms with E-state index in [4.69, 9.17) is 10.00 Å². The van der Waals surface area contributed by atoms with Gasteiger partial charge in [-0.15, -0.1) is 0 Å². The average Bonchev–Trinajstić information content (AvgIpc) is 2.20. The Bertz CT molecular complexity index is 404. The van der Waals surface area contributed by atoms with Crippen LogP contribution in [0.15, 0.2) is 6.07 Å². The van der Waals surface area contributed by atoms with E-state index in [0.717, 1.165) is 0 Å². The van der Waals surface area contributed by atoms with Crippen LogP contribution in [0.3, 0.4) is 0 Å². The minimum atomic E-state index is -2.59. The molecule has 80 valence electrons. The third-order valence-electron chi connectivity index (χ3n) is 1.74. The van der Waals surface area contributed by atoms with Crippen molar-refractivity contribution < 1.29 is 13.5 Å². The molecule has 0 aliphatic heterocycles.